The molecule has 32 heavy (non-hydrogen) atoms. The second-order valence-electron chi connectivity index (χ2n) is 7.90. The monoisotopic (exact) mass is 462 g/mol. The van der Waals surface area contributed by atoms with Gasteiger partial charge in [0.25, 0.3) is 0 Å². The Bertz CT molecular complexity index is 1310. The van der Waals surface area contributed by atoms with Crippen LogP contribution in [0.5, 0.6) is 0 Å². The number of amides is 1. The number of halogens is 2. The van der Waals surface area contributed by atoms with E-state index in [2.05, 4.69) is 17.1 Å². The number of hydrogen-bond acceptors (Lipinski definition) is 3. The van der Waals surface area contributed by atoms with Gasteiger partial charge in [-0.25, -0.2) is 9.78 Å². The van der Waals surface area contributed by atoms with Gasteiger partial charge in [0.1, 0.15) is 5.15 Å². The lowest BCUT2D eigenvalue weighted by molar-refractivity contribution is 0.0758. The zero-order valence-electron chi connectivity index (χ0n) is 17.5. The van der Waals surface area contributed by atoms with Crippen molar-refractivity contribution >= 4 is 40.1 Å². The summed E-state index contributed by atoms with van der Waals surface area (Å²) >= 11 is 12.7. The summed E-state index contributed by atoms with van der Waals surface area (Å²) in [6.45, 7) is 1.90. The highest BCUT2D eigenvalue weighted by atomic mass is 35.5. The highest BCUT2D eigenvalue weighted by molar-refractivity contribution is 6.41. The molecule has 1 heterocycles. The first-order valence-electron chi connectivity index (χ1n) is 10.3. The van der Waals surface area contributed by atoms with E-state index in [9.17, 15) is 4.79 Å². The minimum absolute atomic E-state index is 0.315. The topological polar surface area (TPSA) is 42.4 Å². The molecule has 0 spiro atoms. The summed E-state index contributed by atoms with van der Waals surface area (Å²) in [5.41, 5.74) is 4.83. The van der Waals surface area contributed by atoms with Crippen LogP contribution in [-0.4, -0.2) is 23.0 Å². The van der Waals surface area contributed by atoms with Gasteiger partial charge in [-0.15, -0.1) is 0 Å². The Morgan fingerprint density at radius 3 is 2.25 bits per heavy atom. The van der Waals surface area contributed by atoms with Gasteiger partial charge in [-0.3, -0.25) is 0 Å². The molecule has 3 aromatic carbocycles. The predicted octanol–water partition coefficient (Wildman–Crippen LogP) is 7.44. The minimum atomic E-state index is -0.448. The van der Waals surface area contributed by atoms with Gasteiger partial charge >= 0.3 is 6.09 Å². The molecular formula is C26H20Cl2N2O2. The second-order valence-corrected chi connectivity index (χ2v) is 8.67. The molecule has 0 aliphatic heterocycles. The Kier molecular flexibility index (Phi) is 5.28. The van der Waals surface area contributed by atoms with Crippen molar-refractivity contribution in [2.45, 2.75) is 19.1 Å². The van der Waals surface area contributed by atoms with Gasteiger partial charge in [-0.1, -0.05) is 83.9 Å². The van der Waals surface area contributed by atoms with Gasteiger partial charge in [-0.2, -0.15) is 0 Å². The highest BCUT2D eigenvalue weighted by Gasteiger charge is 2.33. The van der Waals surface area contributed by atoms with Crippen LogP contribution in [0.1, 0.15) is 35.9 Å². The standard InChI is InChI=1S/C26H20Cl2N2O2/c1-15(22-14-16-8-7-13-21(27)23(16)25(28)29-22)30(2)26(31)32-24-19-11-5-3-9-17(19)18-10-4-6-12-20(18)24/h3-15,24H,1-2H3/t15-/m0/s1. The number of aromatic nitrogens is 1. The Balaban J connectivity index is 1.43. The van der Waals surface area contributed by atoms with Crippen LogP contribution < -0.4 is 0 Å². The molecule has 0 fully saturated rings. The van der Waals surface area contributed by atoms with E-state index in [0.29, 0.717) is 21.3 Å². The zero-order valence-corrected chi connectivity index (χ0v) is 19.1. The number of ether oxygens (including phenoxy) is 1. The molecule has 1 aliphatic rings. The summed E-state index contributed by atoms with van der Waals surface area (Å²) in [7, 11) is 1.71. The van der Waals surface area contributed by atoms with Crippen LogP contribution in [0.15, 0.2) is 72.8 Å². The van der Waals surface area contributed by atoms with Crippen molar-refractivity contribution in [3.63, 3.8) is 0 Å². The van der Waals surface area contributed by atoms with Crippen molar-refractivity contribution in [1.29, 1.82) is 0 Å². The lowest BCUT2D eigenvalue weighted by atomic mass is 10.1. The largest absolute Gasteiger partial charge is 0.436 e. The van der Waals surface area contributed by atoms with Crippen molar-refractivity contribution in [2.75, 3.05) is 7.05 Å². The van der Waals surface area contributed by atoms with Crippen LogP contribution in [0.4, 0.5) is 4.79 Å². The van der Waals surface area contributed by atoms with Crippen molar-refractivity contribution in [1.82, 2.24) is 9.88 Å². The third-order valence-corrected chi connectivity index (χ3v) is 6.66. The van der Waals surface area contributed by atoms with Gasteiger partial charge in [0.15, 0.2) is 6.10 Å². The van der Waals surface area contributed by atoms with E-state index in [1.165, 1.54) is 0 Å². The average molecular weight is 463 g/mol. The van der Waals surface area contributed by atoms with E-state index < -0.39 is 12.2 Å². The maximum Gasteiger partial charge on any atom is 0.411 e. The van der Waals surface area contributed by atoms with E-state index >= 15 is 0 Å². The Hall–Kier alpha value is -3.08. The molecule has 1 aromatic heterocycles. The first kappa shape index (κ1) is 20.8. The summed E-state index contributed by atoms with van der Waals surface area (Å²) in [5, 5.41) is 2.44. The molecule has 0 N–H and O–H groups in total. The van der Waals surface area contributed by atoms with E-state index in [0.717, 1.165) is 27.6 Å². The van der Waals surface area contributed by atoms with E-state index in [1.807, 2.05) is 61.5 Å². The van der Waals surface area contributed by atoms with Gasteiger partial charge in [-0.05, 0) is 35.6 Å². The van der Waals surface area contributed by atoms with Crippen molar-refractivity contribution < 1.29 is 9.53 Å². The molecule has 1 atom stereocenters. The lowest BCUT2D eigenvalue weighted by Gasteiger charge is -2.26. The molecule has 0 saturated carbocycles. The predicted molar refractivity (Wildman–Crippen MR) is 128 cm³/mol. The number of nitrogens with zero attached hydrogens (tertiary/aromatic N) is 2. The highest BCUT2D eigenvalue weighted by Crippen LogP contribution is 2.45. The molecule has 4 aromatic rings. The first-order chi connectivity index (χ1) is 15.5. The van der Waals surface area contributed by atoms with Crippen molar-refractivity contribution in [2.24, 2.45) is 0 Å². The molecule has 4 nitrogen and oxygen atoms in total. The number of carbonyl (C=O) groups excluding carboxylic acids is 1. The third kappa shape index (κ3) is 3.40. The second kappa shape index (κ2) is 8.12. The van der Waals surface area contributed by atoms with E-state index in [4.69, 9.17) is 27.9 Å². The molecule has 160 valence electrons. The van der Waals surface area contributed by atoms with Crippen molar-refractivity contribution in [3.8, 4) is 11.1 Å². The van der Waals surface area contributed by atoms with Gasteiger partial charge in [0, 0.05) is 23.6 Å². The van der Waals surface area contributed by atoms with Crippen LogP contribution in [0.2, 0.25) is 10.2 Å². The molecule has 0 saturated heterocycles. The first-order valence-corrected chi connectivity index (χ1v) is 11.1. The maximum absolute atomic E-state index is 13.2. The maximum atomic E-state index is 13.2. The number of hydrogen-bond donors (Lipinski definition) is 0. The van der Waals surface area contributed by atoms with Gasteiger partial charge in [0.05, 0.1) is 16.8 Å². The van der Waals surface area contributed by atoms with Crippen LogP contribution in [0, 0.1) is 0 Å². The minimum Gasteiger partial charge on any atom is -0.436 e. The van der Waals surface area contributed by atoms with Crippen LogP contribution in [0.3, 0.4) is 0 Å². The molecule has 5 rings (SSSR count). The zero-order chi connectivity index (χ0) is 22.4. The molecule has 0 radical (unpaired) electrons. The van der Waals surface area contributed by atoms with Crippen molar-refractivity contribution in [3.05, 3.63) is 99.8 Å². The quantitative estimate of drug-likeness (QED) is 0.297. The normalized spacial score (nSPS) is 13.5. The number of pyridine rings is 1. The fourth-order valence-electron chi connectivity index (χ4n) is 4.23. The van der Waals surface area contributed by atoms with Gasteiger partial charge in [0.2, 0.25) is 0 Å². The van der Waals surface area contributed by atoms with E-state index in [1.54, 1.807) is 18.0 Å². The summed E-state index contributed by atoms with van der Waals surface area (Å²) in [4.78, 5) is 19.2. The SMILES string of the molecule is C[C@@H](c1cc2cccc(Cl)c2c(Cl)n1)N(C)C(=O)OC1c2ccccc2-c2ccccc21. The number of benzene rings is 3. The van der Waals surface area contributed by atoms with E-state index in [-0.39, 0.29) is 6.04 Å². The molecular weight excluding hydrogens is 443 g/mol. The summed E-state index contributed by atoms with van der Waals surface area (Å²) in [6, 6.07) is 23.2. The average Bonchev–Trinajstić information content (AvgIpc) is 3.11. The summed E-state index contributed by atoms with van der Waals surface area (Å²) in [6.07, 6.45) is -0.880. The smallest absolute Gasteiger partial charge is 0.411 e. The molecule has 1 amide bonds. The fourth-order valence-corrected chi connectivity index (χ4v) is 4.86. The molecule has 0 unspecified atom stereocenters. The van der Waals surface area contributed by atoms with Crippen LogP contribution in [0.25, 0.3) is 21.9 Å². The molecule has 1 aliphatic carbocycles. The Labute approximate surface area is 196 Å². The van der Waals surface area contributed by atoms with Gasteiger partial charge < -0.3 is 9.64 Å². The number of rotatable bonds is 3. The summed E-state index contributed by atoms with van der Waals surface area (Å²) < 4.78 is 6.01. The van der Waals surface area contributed by atoms with Crippen LogP contribution >= 0.6 is 23.2 Å². The molecule has 0 bridgehead atoms. The Morgan fingerprint density at radius 1 is 0.969 bits per heavy atom. The Morgan fingerprint density at radius 2 is 1.59 bits per heavy atom. The van der Waals surface area contributed by atoms with Crippen LogP contribution in [-0.2, 0) is 4.74 Å². The fraction of sp³-hybridized carbons (Fsp3) is 0.154. The summed E-state index contributed by atoms with van der Waals surface area (Å²) in [5.74, 6) is 0. The molecule has 6 heteroatoms. The lowest BCUT2D eigenvalue weighted by Crippen LogP contribution is -2.31. The number of fused-ring (bicyclic) bond motifs is 4. The number of carbonyl (C=O) groups is 1. The third-order valence-electron chi connectivity index (χ3n) is 6.08.